The lowest BCUT2D eigenvalue weighted by molar-refractivity contribution is -0.385. The molecule has 0 fully saturated rings. The maximum Gasteiger partial charge on any atom is 0.273 e. The van der Waals surface area contributed by atoms with Gasteiger partial charge in [0.1, 0.15) is 13.2 Å². The van der Waals surface area contributed by atoms with E-state index >= 15 is 0 Å². The minimum Gasteiger partial charge on any atom is -0.486 e. The van der Waals surface area contributed by atoms with E-state index in [4.69, 9.17) is 9.47 Å². The van der Waals surface area contributed by atoms with Crippen molar-refractivity contribution in [2.24, 2.45) is 0 Å². The lowest BCUT2D eigenvalue weighted by atomic mass is 10.0. The normalized spacial score (nSPS) is 13.8. The Bertz CT molecular complexity index is 850. The third kappa shape index (κ3) is 3.46. The number of benzene rings is 2. The standard InChI is InChI=1S/C19H20N2O5/c1-3-15(13-7-8-17-18(11-13)26-10-9-25-17)20-19(22)14-5-4-6-16(12(14)2)21(23)24/h4-8,11,15H,3,9-10H2,1-2H3,(H,20,22). The van der Waals surface area contributed by atoms with Crippen molar-refractivity contribution in [3.8, 4) is 11.5 Å². The quantitative estimate of drug-likeness (QED) is 0.653. The first-order valence-corrected chi connectivity index (χ1v) is 8.45. The number of nitrogens with zero attached hydrogens (tertiary/aromatic N) is 1. The summed E-state index contributed by atoms with van der Waals surface area (Å²) in [5, 5.41) is 14.0. The zero-order chi connectivity index (χ0) is 18.7. The molecule has 1 aliphatic rings. The second-order valence-electron chi connectivity index (χ2n) is 6.04. The molecular weight excluding hydrogens is 336 g/mol. The van der Waals surface area contributed by atoms with Gasteiger partial charge in [0.15, 0.2) is 11.5 Å². The summed E-state index contributed by atoms with van der Waals surface area (Å²) in [5.41, 5.74) is 1.49. The minimum atomic E-state index is -0.482. The molecule has 7 nitrogen and oxygen atoms in total. The smallest absolute Gasteiger partial charge is 0.273 e. The summed E-state index contributed by atoms with van der Waals surface area (Å²) >= 11 is 0. The molecule has 1 atom stereocenters. The van der Waals surface area contributed by atoms with Gasteiger partial charge in [-0.3, -0.25) is 14.9 Å². The Labute approximate surface area is 151 Å². The molecule has 0 aromatic heterocycles. The van der Waals surface area contributed by atoms with Crippen molar-refractivity contribution >= 4 is 11.6 Å². The number of ether oxygens (including phenoxy) is 2. The van der Waals surface area contributed by atoms with E-state index < -0.39 is 4.92 Å². The van der Waals surface area contributed by atoms with E-state index in [0.717, 1.165) is 5.56 Å². The van der Waals surface area contributed by atoms with Crippen molar-refractivity contribution in [3.63, 3.8) is 0 Å². The zero-order valence-electron chi connectivity index (χ0n) is 14.7. The molecule has 2 aromatic carbocycles. The number of hydrogen-bond donors (Lipinski definition) is 1. The molecular formula is C19H20N2O5. The van der Waals surface area contributed by atoms with Crippen molar-refractivity contribution in [2.75, 3.05) is 13.2 Å². The van der Waals surface area contributed by atoms with Crippen molar-refractivity contribution in [1.29, 1.82) is 0 Å². The summed E-state index contributed by atoms with van der Waals surface area (Å²) in [5.74, 6) is 1.01. The first kappa shape index (κ1) is 17.7. The van der Waals surface area contributed by atoms with Crippen LogP contribution in [-0.2, 0) is 0 Å². The van der Waals surface area contributed by atoms with Crippen LogP contribution in [-0.4, -0.2) is 24.0 Å². The highest BCUT2D eigenvalue weighted by molar-refractivity contribution is 5.96. The van der Waals surface area contributed by atoms with E-state index in [9.17, 15) is 14.9 Å². The zero-order valence-corrected chi connectivity index (χ0v) is 14.7. The van der Waals surface area contributed by atoms with Crippen LogP contribution in [0.1, 0.15) is 40.9 Å². The maximum absolute atomic E-state index is 12.7. The predicted molar refractivity (Wildman–Crippen MR) is 95.8 cm³/mol. The van der Waals surface area contributed by atoms with Crippen LogP contribution in [0.25, 0.3) is 0 Å². The van der Waals surface area contributed by atoms with E-state index in [1.807, 2.05) is 25.1 Å². The Morgan fingerprint density at radius 3 is 2.65 bits per heavy atom. The molecule has 3 rings (SSSR count). The highest BCUT2D eigenvalue weighted by atomic mass is 16.6. The predicted octanol–water partition coefficient (Wildman–Crippen LogP) is 3.56. The average Bonchev–Trinajstić information content (AvgIpc) is 2.65. The third-order valence-electron chi connectivity index (χ3n) is 4.43. The Balaban J connectivity index is 1.83. The van der Waals surface area contributed by atoms with Crippen molar-refractivity contribution in [3.05, 3.63) is 63.2 Å². The Hall–Kier alpha value is -3.09. The maximum atomic E-state index is 12.7. The number of carbonyl (C=O) groups excluding carboxylic acids is 1. The van der Waals surface area contributed by atoms with E-state index in [1.54, 1.807) is 13.0 Å². The number of hydrogen-bond acceptors (Lipinski definition) is 5. The first-order chi connectivity index (χ1) is 12.5. The average molecular weight is 356 g/mol. The van der Waals surface area contributed by atoms with Gasteiger partial charge in [0.2, 0.25) is 0 Å². The molecule has 0 spiro atoms. The highest BCUT2D eigenvalue weighted by Gasteiger charge is 2.21. The second-order valence-corrected chi connectivity index (χ2v) is 6.04. The van der Waals surface area contributed by atoms with Crippen LogP contribution in [0, 0.1) is 17.0 Å². The second kappa shape index (κ2) is 7.43. The fourth-order valence-corrected chi connectivity index (χ4v) is 3.00. The number of carbonyl (C=O) groups is 1. The van der Waals surface area contributed by atoms with Gasteiger partial charge in [-0.25, -0.2) is 0 Å². The molecule has 0 saturated heterocycles. The van der Waals surface area contributed by atoms with E-state index in [2.05, 4.69) is 5.32 Å². The van der Waals surface area contributed by atoms with E-state index in [1.165, 1.54) is 12.1 Å². The first-order valence-electron chi connectivity index (χ1n) is 8.45. The van der Waals surface area contributed by atoms with E-state index in [-0.39, 0.29) is 17.6 Å². The molecule has 1 amide bonds. The number of fused-ring (bicyclic) bond motifs is 1. The number of nitrogens with one attached hydrogen (secondary N) is 1. The molecule has 136 valence electrons. The van der Waals surface area contributed by atoms with Gasteiger partial charge < -0.3 is 14.8 Å². The number of nitro benzene ring substituents is 1. The van der Waals surface area contributed by atoms with Gasteiger partial charge in [-0.1, -0.05) is 19.1 Å². The van der Waals surface area contributed by atoms with Crippen molar-refractivity contribution in [1.82, 2.24) is 5.32 Å². The molecule has 1 heterocycles. The molecule has 0 bridgehead atoms. The lowest BCUT2D eigenvalue weighted by Crippen LogP contribution is -2.29. The van der Waals surface area contributed by atoms with Crippen LogP contribution in [0.4, 0.5) is 5.69 Å². The minimum absolute atomic E-state index is 0.0648. The Kier molecular flexibility index (Phi) is 5.06. The molecule has 26 heavy (non-hydrogen) atoms. The topological polar surface area (TPSA) is 90.7 Å². The van der Waals surface area contributed by atoms with Crippen LogP contribution in [0.2, 0.25) is 0 Å². The largest absolute Gasteiger partial charge is 0.486 e. The van der Waals surface area contributed by atoms with Crippen LogP contribution in [0.5, 0.6) is 11.5 Å². The van der Waals surface area contributed by atoms with Crippen LogP contribution < -0.4 is 14.8 Å². The molecule has 1 unspecified atom stereocenters. The summed E-state index contributed by atoms with van der Waals surface area (Å²) in [7, 11) is 0. The number of amides is 1. The molecule has 0 saturated carbocycles. The summed E-state index contributed by atoms with van der Waals surface area (Å²) in [4.78, 5) is 23.3. The fourth-order valence-electron chi connectivity index (χ4n) is 3.00. The van der Waals surface area contributed by atoms with Gasteiger partial charge in [-0.2, -0.15) is 0 Å². The molecule has 0 radical (unpaired) electrons. The molecule has 7 heteroatoms. The SMILES string of the molecule is CCC(NC(=O)c1cccc([N+](=O)[O-])c1C)c1ccc2c(c1)OCCO2. The number of rotatable bonds is 5. The summed E-state index contributed by atoms with van der Waals surface area (Å²) in [6.07, 6.45) is 0.666. The molecule has 2 aromatic rings. The number of nitro groups is 1. The Morgan fingerprint density at radius 2 is 1.96 bits per heavy atom. The van der Waals surface area contributed by atoms with Crippen LogP contribution in [0.3, 0.4) is 0 Å². The van der Waals surface area contributed by atoms with Crippen LogP contribution in [0.15, 0.2) is 36.4 Å². The van der Waals surface area contributed by atoms with Gasteiger partial charge in [-0.15, -0.1) is 0 Å². The van der Waals surface area contributed by atoms with Gasteiger partial charge in [0.05, 0.1) is 11.0 Å². The third-order valence-corrected chi connectivity index (χ3v) is 4.43. The summed E-state index contributed by atoms with van der Waals surface area (Å²) in [6.45, 7) is 4.55. The monoisotopic (exact) mass is 356 g/mol. The lowest BCUT2D eigenvalue weighted by Gasteiger charge is -2.22. The fraction of sp³-hybridized carbons (Fsp3) is 0.316. The summed E-state index contributed by atoms with van der Waals surface area (Å²) < 4.78 is 11.1. The van der Waals surface area contributed by atoms with E-state index in [0.29, 0.717) is 42.3 Å². The molecule has 1 N–H and O–H groups in total. The van der Waals surface area contributed by atoms with Crippen molar-refractivity contribution in [2.45, 2.75) is 26.3 Å². The van der Waals surface area contributed by atoms with Gasteiger partial charge in [0.25, 0.3) is 11.6 Å². The Morgan fingerprint density at radius 1 is 1.23 bits per heavy atom. The molecule has 0 aliphatic carbocycles. The highest BCUT2D eigenvalue weighted by Crippen LogP contribution is 2.33. The van der Waals surface area contributed by atoms with Crippen molar-refractivity contribution < 1.29 is 19.2 Å². The van der Waals surface area contributed by atoms with Gasteiger partial charge >= 0.3 is 0 Å². The summed E-state index contributed by atoms with van der Waals surface area (Å²) in [6, 6.07) is 9.85. The molecule has 1 aliphatic heterocycles. The van der Waals surface area contributed by atoms with Gasteiger partial charge in [0, 0.05) is 17.2 Å². The van der Waals surface area contributed by atoms with Crippen LogP contribution >= 0.6 is 0 Å². The van der Waals surface area contributed by atoms with Gasteiger partial charge in [-0.05, 0) is 37.1 Å².